The van der Waals surface area contributed by atoms with Gasteiger partial charge in [-0.25, -0.2) is 0 Å². The molecule has 0 aliphatic carbocycles. The SMILES string of the molecule is CCC(C)OCC(=O)C1CCOC1. The topological polar surface area (TPSA) is 35.5 Å². The number of Topliss-reactive ketones (excluding diaryl/α,β-unsaturated/α-hetero) is 1. The lowest BCUT2D eigenvalue weighted by Gasteiger charge is -2.11. The highest BCUT2D eigenvalue weighted by atomic mass is 16.5. The zero-order chi connectivity index (χ0) is 9.68. The van der Waals surface area contributed by atoms with E-state index in [9.17, 15) is 4.79 Å². The van der Waals surface area contributed by atoms with E-state index >= 15 is 0 Å². The molecule has 1 aliphatic rings. The van der Waals surface area contributed by atoms with Crippen molar-refractivity contribution in [2.75, 3.05) is 19.8 Å². The van der Waals surface area contributed by atoms with Gasteiger partial charge in [0.2, 0.25) is 0 Å². The fourth-order valence-corrected chi connectivity index (χ4v) is 1.25. The van der Waals surface area contributed by atoms with Crippen molar-refractivity contribution in [2.24, 2.45) is 5.92 Å². The lowest BCUT2D eigenvalue weighted by molar-refractivity contribution is -0.129. The van der Waals surface area contributed by atoms with Gasteiger partial charge in [0, 0.05) is 12.5 Å². The van der Waals surface area contributed by atoms with Gasteiger partial charge < -0.3 is 9.47 Å². The number of carbonyl (C=O) groups is 1. The predicted octanol–water partition coefficient (Wildman–Crippen LogP) is 1.41. The van der Waals surface area contributed by atoms with Gasteiger partial charge in [-0.05, 0) is 19.8 Å². The van der Waals surface area contributed by atoms with Crippen LogP contribution in [0.2, 0.25) is 0 Å². The Kier molecular flexibility index (Phi) is 4.39. The molecule has 0 N–H and O–H groups in total. The van der Waals surface area contributed by atoms with Crippen LogP contribution in [0.25, 0.3) is 0 Å². The highest BCUT2D eigenvalue weighted by molar-refractivity contribution is 5.82. The fraction of sp³-hybridized carbons (Fsp3) is 0.900. The van der Waals surface area contributed by atoms with Crippen LogP contribution in [-0.2, 0) is 14.3 Å². The Balaban J connectivity index is 2.16. The molecule has 0 aromatic carbocycles. The van der Waals surface area contributed by atoms with E-state index in [1.807, 2.05) is 13.8 Å². The minimum Gasteiger partial charge on any atom is -0.381 e. The molecule has 1 saturated heterocycles. The first-order valence-corrected chi connectivity index (χ1v) is 4.96. The van der Waals surface area contributed by atoms with Crippen LogP contribution in [0.4, 0.5) is 0 Å². The van der Waals surface area contributed by atoms with E-state index in [-0.39, 0.29) is 24.4 Å². The molecule has 0 saturated carbocycles. The molecule has 0 aromatic rings. The van der Waals surface area contributed by atoms with Gasteiger partial charge >= 0.3 is 0 Å². The Labute approximate surface area is 79.4 Å². The average molecular weight is 186 g/mol. The van der Waals surface area contributed by atoms with Crippen molar-refractivity contribution in [1.29, 1.82) is 0 Å². The normalized spacial score (nSPS) is 24.6. The molecule has 0 aromatic heterocycles. The van der Waals surface area contributed by atoms with Crippen molar-refractivity contribution < 1.29 is 14.3 Å². The molecule has 1 rings (SSSR count). The van der Waals surface area contributed by atoms with Crippen LogP contribution >= 0.6 is 0 Å². The van der Waals surface area contributed by atoms with Crippen LogP contribution < -0.4 is 0 Å². The van der Waals surface area contributed by atoms with Crippen LogP contribution in [-0.4, -0.2) is 31.7 Å². The lowest BCUT2D eigenvalue weighted by atomic mass is 10.0. The maximum Gasteiger partial charge on any atom is 0.163 e. The number of rotatable bonds is 5. The molecule has 0 bridgehead atoms. The first-order valence-electron chi connectivity index (χ1n) is 4.96. The molecule has 0 spiro atoms. The minimum atomic E-state index is 0.0871. The molecule has 1 aliphatic heterocycles. The zero-order valence-electron chi connectivity index (χ0n) is 8.41. The summed E-state index contributed by atoms with van der Waals surface area (Å²) in [6.45, 7) is 5.59. The van der Waals surface area contributed by atoms with E-state index in [0.29, 0.717) is 6.61 Å². The third kappa shape index (κ3) is 3.44. The largest absolute Gasteiger partial charge is 0.381 e. The first kappa shape index (κ1) is 10.7. The van der Waals surface area contributed by atoms with Gasteiger partial charge in [0.05, 0.1) is 12.7 Å². The molecule has 1 heterocycles. The van der Waals surface area contributed by atoms with Crippen molar-refractivity contribution in [3.63, 3.8) is 0 Å². The summed E-state index contributed by atoms with van der Waals surface area (Å²) in [6.07, 6.45) is 2.00. The Morgan fingerprint density at radius 2 is 2.46 bits per heavy atom. The molecule has 3 nitrogen and oxygen atoms in total. The maximum absolute atomic E-state index is 11.5. The Morgan fingerprint density at radius 1 is 1.69 bits per heavy atom. The molecule has 76 valence electrons. The Morgan fingerprint density at radius 3 is 3.00 bits per heavy atom. The first-order chi connectivity index (χ1) is 6.24. The Hall–Kier alpha value is -0.410. The minimum absolute atomic E-state index is 0.0871. The molecule has 13 heavy (non-hydrogen) atoms. The molecule has 0 radical (unpaired) electrons. The highest BCUT2D eigenvalue weighted by Crippen LogP contribution is 2.13. The van der Waals surface area contributed by atoms with Gasteiger partial charge in [0.1, 0.15) is 6.61 Å². The second-order valence-electron chi connectivity index (χ2n) is 3.56. The van der Waals surface area contributed by atoms with E-state index < -0.39 is 0 Å². The standard InChI is InChI=1S/C10H18O3/c1-3-8(2)13-7-10(11)9-4-5-12-6-9/h8-9H,3-7H2,1-2H3. The van der Waals surface area contributed by atoms with Gasteiger partial charge in [-0.2, -0.15) is 0 Å². The van der Waals surface area contributed by atoms with Crippen molar-refractivity contribution in [2.45, 2.75) is 32.8 Å². The summed E-state index contributed by atoms with van der Waals surface area (Å²) in [5.41, 5.74) is 0. The summed E-state index contributed by atoms with van der Waals surface area (Å²) in [4.78, 5) is 11.5. The summed E-state index contributed by atoms with van der Waals surface area (Å²) in [6, 6.07) is 0. The van der Waals surface area contributed by atoms with Gasteiger partial charge in [-0.15, -0.1) is 0 Å². The van der Waals surface area contributed by atoms with E-state index in [0.717, 1.165) is 19.4 Å². The predicted molar refractivity (Wildman–Crippen MR) is 49.6 cm³/mol. The maximum atomic E-state index is 11.5. The summed E-state index contributed by atoms with van der Waals surface area (Å²) in [5.74, 6) is 0.279. The summed E-state index contributed by atoms with van der Waals surface area (Å²) < 4.78 is 10.5. The number of ether oxygens (including phenoxy) is 2. The zero-order valence-corrected chi connectivity index (χ0v) is 8.41. The van der Waals surface area contributed by atoms with Crippen LogP contribution in [0.5, 0.6) is 0 Å². The van der Waals surface area contributed by atoms with Crippen molar-refractivity contribution in [1.82, 2.24) is 0 Å². The number of hydrogen-bond donors (Lipinski definition) is 0. The fourth-order valence-electron chi connectivity index (χ4n) is 1.25. The van der Waals surface area contributed by atoms with E-state index in [1.165, 1.54) is 0 Å². The quantitative estimate of drug-likeness (QED) is 0.651. The molecule has 0 amide bonds. The lowest BCUT2D eigenvalue weighted by Crippen LogP contribution is -2.22. The van der Waals surface area contributed by atoms with Crippen LogP contribution in [0.3, 0.4) is 0 Å². The molecule has 2 atom stereocenters. The van der Waals surface area contributed by atoms with Gasteiger partial charge in [-0.3, -0.25) is 4.79 Å². The highest BCUT2D eigenvalue weighted by Gasteiger charge is 2.23. The molecule has 1 fully saturated rings. The summed E-state index contributed by atoms with van der Waals surface area (Å²) in [7, 11) is 0. The smallest absolute Gasteiger partial charge is 0.163 e. The molecular weight excluding hydrogens is 168 g/mol. The van der Waals surface area contributed by atoms with E-state index in [1.54, 1.807) is 0 Å². The van der Waals surface area contributed by atoms with Gasteiger partial charge in [-0.1, -0.05) is 6.92 Å². The second-order valence-corrected chi connectivity index (χ2v) is 3.56. The van der Waals surface area contributed by atoms with Gasteiger partial charge in [0.25, 0.3) is 0 Å². The molecule has 2 unspecified atom stereocenters. The number of ketones is 1. The van der Waals surface area contributed by atoms with E-state index in [4.69, 9.17) is 9.47 Å². The number of hydrogen-bond acceptors (Lipinski definition) is 3. The molecule has 3 heteroatoms. The molecular formula is C10H18O3. The van der Waals surface area contributed by atoms with Crippen molar-refractivity contribution in [3.05, 3.63) is 0 Å². The summed E-state index contributed by atoms with van der Waals surface area (Å²) in [5, 5.41) is 0. The van der Waals surface area contributed by atoms with Crippen LogP contribution in [0.1, 0.15) is 26.7 Å². The second kappa shape index (κ2) is 5.35. The van der Waals surface area contributed by atoms with Crippen molar-refractivity contribution in [3.8, 4) is 0 Å². The number of carbonyl (C=O) groups excluding carboxylic acids is 1. The average Bonchev–Trinajstić information content (AvgIpc) is 2.66. The van der Waals surface area contributed by atoms with Crippen LogP contribution in [0, 0.1) is 5.92 Å². The summed E-state index contributed by atoms with van der Waals surface area (Å²) >= 11 is 0. The van der Waals surface area contributed by atoms with Gasteiger partial charge in [0.15, 0.2) is 5.78 Å². The van der Waals surface area contributed by atoms with Crippen molar-refractivity contribution >= 4 is 5.78 Å². The monoisotopic (exact) mass is 186 g/mol. The third-order valence-corrected chi connectivity index (χ3v) is 2.47. The third-order valence-electron chi connectivity index (χ3n) is 2.47. The van der Waals surface area contributed by atoms with E-state index in [2.05, 4.69) is 0 Å². The van der Waals surface area contributed by atoms with Crippen LogP contribution in [0.15, 0.2) is 0 Å². The Bertz CT molecular complexity index is 162.